The summed E-state index contributed by atoms with van der Waals surface area (Å²) in [6, 6.07) is 1.68. The number of carbonyl (C=O) groups is 1. The molecule has 1 heterocycles. The third-order valence-electron chi connectivity index (χ3n) is 2.10. The largest absolute Gasteiger partial charge is 0.475 e. The van der Waals surface area contributed by atoms with Gasteiger partial charge in [0.25, 0.3) is 0 Å². The summed E-state index contributed by atoms with van der Waals surface area (Å²) < 4.78 is 5.45. The molecule has 0 saturated heterocycles. The summed E-state index contributed by atoms with van der Waals surface area (Å²) in [5, 5.41) is 5.68. The number of rotatable bonds is 7. The van der Waals surface area contributed by atoms with Crippen molar-refractivity contribution in [1.82, 2.24) is 15.3 Å². The Morgan fingerprint density at radius 1 is 1.37 bits per heavy atom. The third-order valence-corrected chi connectivity index (χ3v) is 2.10. The molecular weight excluding hydrogens is 244 g/mol. The Morgan fingerprint density at radius 3 is 2.74 bits per heavy atom. The second-order valence-corrected chi connectivity index (χ2v) is 4.94. The van der Waals surface area contributed by atoms with Crippen LogP contribution in [0.3, 0.4) is 0 Å². The van der Waals surface area contributed by atoms with Crippen LogP contribution < -0.4 is 15.4 Å². The van der Waals surface area contributed by atoms with Gasteiger partial charge in [-0.05, 0) is 19.8 Å². The molecule has 0 aliphatic carbocycles. The first-order valence-corrected chi connectivity index (χ1v) is 6.47. The average molecular weight is 266 g/mol. The molecule has 0 aromatic carbocycles. The van der Waals surface area contributed by atoms with E-state index in [4.69, 9.17) is 4.74 Å². The summed E-state index contributed by atoms with van der Waals surface area (Å²) in [6.07, 6.45) is 1.65. The normalized spacial score (nSPS) is 10.6. The fourth-order valence-corrected chi connectivity index (χ4v) is 1.27. The van der Waals surface area contributed by atoms with Crippen molar-refractivity contribution in [2.45, 2.75) is 33.8 Å². The molecule has 6 nitrogen and oxygen atoms in total. The molecule has 0 fully saturated rings. The second kappa shape index (κ2) is 7.56. The maximum absolute atomic E-state index is 11.5. The highest BCUT2D eigenvalue weighted by atomic mass is 16.5. The lowest BCUT2D eigenvalue weighted by molar-refractivity contribution is -0.119. The van der Waals surface area contributed by atoms with Gasteiger partial charge in [0.05, 0.1) is 12.6 Å². The second-order valence-electron chi connectivity index (χ2n) is 4.94. The van der Waals surface area contributed by atoms with Gasteiger partial charge in [-0.15, -0.1) is 0 Å². The molecule has 106 valence electrons. The van der Waals surface area contributed by atoms with Crippen LogP contribution in [0.2, 0.25) is 0 Å². The number of carbonyl (C=O) groups excluding carboxylic acids is 1. The van der Waals surface area contributed by atoms with Crippen LogP contribution in [0.1, 0.15) is 27.7 Å². The van der Waals surface area contributed by atoms with Crippen molar-refractivity contribution in [3.8, 4) is 5.88 Å². The quantitative estimate of drug-likeness (QED) is 0.781. The molecule has 2 N–H and O–H groups in total. The van der Waals surface area contributed by atoms with Crippen LogP contribution >= 0.6 is 0 Å². The first-order chi connectivity index (χ1) is 8.97. The minimum atomic E-state index is -0.0764. The Labute approximate surface area is 114 Å². The summed E-state index contributed by atoms with van der Waals surface area (Å²) >= 11 is 0. The molecule has 0 spiro atoms. The smallest absolute Gasteiger partial charge is 0.239 e. The van der Waals surface area contributed by atoms with E-state index in [0.717, 1.165) is 0 Å². The summed E-state index contributed by atoms with van der Waals surface area (Å²) in [6.45, 7) is 8.76. The summed E-state index contributed by atoms with van der Waals surface area (Å²) in [7, 11) is 0. The lowest BCUT2D eigenvalue weighted by Gasteiger charge is -2.10. The first-order valence-electron chi connectivity index (χ1n) is 6.47. The highest BCUT2D eigenvalue weighted by Crippen LogP contribution is 2.09. The van der Waals surface area contributed by atoms with Crippen molar-refractivity contribution in [3.63, 3.8) is 0 Å². The molecule has 0 saturated carbocycles. The van der Waals surface area contributed by atoms with Crippen molar-refractivity contribution in [2.24, 2.45) is 5.92 Å². The molecule has 0 bridgehead atoms. The monoisotopic (exact) mass is 266 g/mol. The van der Waals surface area contributed by atoms with Gasteiger partial charge < -0.3 is 15.4 Å². The van der Waals surface area contributed by atoms with Crippen LogP contribution in [0.25, 0.3) is 0 Å². The van der Waals surface area contributed by atoms with E-state index in [-0.39, 0.29) is 18.6 Å². The standard InChI is InChI=1S/C13H22N4O2/c1-9(2)7-15-11(18)8-16-13-14-6-5-12(17-13)19-10(3)4/h5-6,9-10H,7-8H2,1-4H3,(H,15,18)(H,14,16,17). The van der Waals surface area contributed by atoms with E-state index in [1.165, 1.54) is 0 Å². The van der Waals surface area contributed by atoms with Gasteiger partial charge in [0, 0.05) is 18.8 Å². The molecule has 6 heteroatoms. The Hall–Kier alpha value is -1.85. The molecule has 1 rings (SSSR count). The Bertz CT molecular complexity index is 407. The molecule has 1 aromatic heterocycles. The summed E-state index contributed by atoms with van der Waals surface area (Å²) in [5.74, 6) is 1.24. The number of amides is 1. The average Bonchev–Trinajstić information content (AvgIpc) is 2.33. The van der Waals surface area contributed by atoms with Crippen LogP contribution in [0.15, 0.2) is 12.3 Å². The van der Waals surface area contributed by atoms with Gasteiger partial charge >= 0.3 is 0 Å². The van der Waals surface area contributed by atoms with Gasteiger partial charge in [0.1, 0.15) is 0 Å². The zero-order chi connectivity index (χ0) is 14.3. The van der Waals surface area contributed by atoms with Crippen molar-refractivity contribution in [3.05, 3.63) is 12.3 Å². The zero-order valence-corrected chi connectivity index (χ0v) is 11.9. The fraction of sp³-hybridized carbons (Fsp3) is 0.615. The molecule has 19 heavy (non-hydrogen) atoms. The van der Waals surface area contributed by atoms with Crippen molar-refractivity contribution < 1.29 is 9.53 Å². The van der Waals surface area contributed by atoms with Crippen molar-refractivity contribution in [1.29, 1.82) is 0 Å². The maximum atomic E-state index is 11.5. The predicted octanol–water partition coefficient (Wildman–Crippen LogP) is 1.45. The van der Waals surface area contributed by atoms with Crippen LogP contribution in [0.5, 0.6) is 5.88 Å². The van der Waals surface area contributed by atoms with Gasteiger partial charge in [0.2, 0.25) is 17.7 Å². The van der Waals surface area contributed by atoms with E-state index in [1.54, 1.807) is 12.3 Å². The van der Waals surface area contributed by atoms with E-state index in [0.29, 0.717) is 24.3 Å². The molecule has 0 radical (unpaired) electrons. The van der Waals surface area contributed by atoms with Crippen LogP contribution in [-0.2, 0) is 4.79 Å². The Morgan fingerprint density at radius 2 is 2.11 bits per heavy atom. The molecular formula is C13H22N4O2. The third kappa shape index (κ3) is 6.59. The minimum absolute atomic E-state index is 0.0529. The van der Waals surface area contributed by atoms with E-state index in [2.05, 4.69) is 20.6 Å². The van der Waals surface area contributed by atoms with Gasteiger partial charge in [-0.25, -0.2) is 4.98 Å². The highest BCUT2D eigenvalue weighted by molar-refractivity contribution is 5.80. The number of nitrogens with zero attached hydrogens (tertiary/aromatic N) is 2. The Kier molecular flexibility index (Phi) is 6.05. The molecule has 1 aromatic rings. The number of aromatic nitrogens is 2. The molecule has 0 aliphatic rings. The number of ether oxygens (including phenoxy) is 1. The number of hydrogen-bond acceptors (Lipinski definition) is 5. The number of hydrogen-bond donors (Lipinski definition) is 2. The van der Waals surface area contributed by atoms with E-state index in [1.807, 2.05) is 27.7 Å². The van der Waals surface area contributed by atoms with Crippen molar-refractivity contribution >= 4 is 11.9 Å². The molecule has 1 amide bonds. The van der Waals surface area contributed by atoms with Gasteiger partial charge in [-0.2, -0.15) is 4.98 Å². The first kappa shape index (κ1) is 15.2. The van der Waals surface area contributed by atoms with E-state index >= 15 is 0 Å². The van der Waals surface area contributed by atoms with E-state index in [9.17, 15) is 4.79 Å². The SMILES string of the molecule is CC(C)CNC(=O)CNc1nccc(OC(C)C)n1. The minimum Gasteiger partial charge on any atom is -0.475 e. The van der Waals surface area contributed by atoms with Crippen molar-refractivity contribution in [2.75, 3.05) is 18.4 Å². The number of nitrogens with one attached hydrogen (secondary N) is 2. The molecule has 0 unspecified atom stereocenters. The lowest BCUT2D eigenvalue weighted by atomic mass is 10.2. The maximum Gasteiger partial charge on any atom is 0.239 e. The zero-order valence-electron chi connectivity index (χ0n) is 11.9. The van der Waals surface area contributed by atoms with Crippen LogP contribution in [-0.4, -0.2) is 35.1 Å². The topological polar surface area (TPSA) is 76.1 Å². The van der Waals surface area contributed by atoms with Gasteiger partial charge in [-0.3, -0.25) is 4.79 Å². The van der Waals surface area contributed by atoms with Crippen LogP contribution in [0.4, 0.5) is 5.95 Å². The molecule has 0 atom stereocenters. The summed E-state index contributed by atoms with van der Waals surface area (Å²) in [5.41, 5.74) is 0. The lowest BCUT2D eigenvalue weighted by Crippen LogP contribution is -2.32. The molecule has 0 aliphatic heterocycles. The van der Waals surface area contributed by atoms with Crippen LogP contribution in [0, 0.1) is 5.92 Å². The highest BCUT2D eigenvalue weighted by Gasteiger charge is 2.05. The fourth-order valence-electron chi connectivity index (χ4n) is 1.27. The number of anilines is 1. The summed E-state index contributed by atoms with van der Waals surface area (Å²) in [4.78, 5) is 19.7. The predicted molar refractivity (Wildman–Crippen MR) is 74.1 cm³/mol. The Balaban J connectivity index is 2.42. The van der Waals surface area contributed by atoms with Gasteiger partial charge in [0.15, 0.2) is 0 Å². The van der Waals surface area contributed by atoms with E-state index < -0.39 is 0 Å². The van der Waals surface area contributed by atoms with Gasteiger partial charge in [-0.1, -0.05) is 13.8 Å².